The van der Waals surface area contributed by atoms with Crippen molar-refractivity contribution >= 4 is 12.6 Å². The summed E-state index contributed by atoms with van der Waals surface area (Å²) in [5.74, 6) is 0.280. The molecule has 2 atom stereocenters. The van der Waals surface area contributed by atoms with E-state index >= 15 is 0 Å². The van der Waals surface area contributed by atoms with Crippen LogP contribution in [-0.4, -0.2) is 33.7 Å². The number of phenolic OH excluding ortho intramolecular Hbond substituents is 2. The third-order valence-corrected chi connectivity index (χ3v) is 2.62. The molecule has 0 saturated carbocycles. The molecule has 0 spiro atoms. The molecule has 90 valence electrons. The maximum absolute atomic E-state index is 9.95. The van der Waals surface area contributed by atoms with Crippen molar-refractivity contribution in [2.45, 2.75) is 19.1 Å². The molecule has 4 N–H and O–H groups in total. The molecule has 1 aromatic carbocycles. The van der Waals surface area contributed by atoms with E-state index in [2.05, 4.69) is 17.9 Å². The lowest BCUT2D eigenvalue weighted by molar-refractivity contribution is 0.137. The highest BCUT2D eigenvalue weighted by molar-refractivity contribution is 7.80. The van der Waals surface area contributed by atoms with Crippen molar-refractivity contribution in [3.63, 3.8) is 0 Å². The third-order valence-electron chi connectivity index (χ3n) is 2.39. The predicted molar refractivity (Wildman–Crippen MR) is 66.0 cm³/mol. The minimum Gasteiger partial charge on any atom is -0.504 e. The summed E-state index contributed by atoms with van der Waals surface area (Å²) in [6.45, 7) is 2.55. The molecule has 0 radical (unpaired) electrons. The lowest BCUT2D eigenvalue weighted by Gasteiger charge is -2.20. The maximum atomic E-state index is 9.95. The molecule has 0 aliphatic rings. The summed E-state index contributed by atoms with van der Waals surface area (Å²) in [7, 11) is 0. The Balaban J connectivity index is 2.71. The van der Waals surface area contributed by atoms with Crippen LogP contribution in [0.4, 0.5) is 0 Å². The van der Waals surface area contributed by atoms with Gasteiger partial charge in [-0.25, -0.2) is 0 Å². The van der Waals surface area contributed by atoms with Crippen LogP contribution >= 0.6 is 12.6 Å². The first-order valence-corrected chi connectivity index (χ1v) is 5.73. The minimum atomic E-state index is -0.730. The molecule has 4 nitrogen and oxygen atoms in total. The fourth-order valence-corrected chi connectivity index (χ4v) is 1.55. The zero-order chi connectivity index (χ0) is 12.1. The minimum absolute atomic E-state index is 0.143. The average molecular weight is 243 g/mol. The van der Waals surface area contributed by atoms with Crippen molar-refractivity contribution in [3.05, 3.63) is 23.8 Å². The van der Waals surface area contributed by atoms with Crippen LogP contribution < -0.4 is 5.32 Å². The van der Waals surface area contributed by atoms with E-state index in [9.17, 15) is 10.2 Å². The van der Waals surface area contributed by atoms with Gasteiger partial charge in [-0.1, -0.05) is 6.07 Å². The van der Waals surface area contributed by atoms with Gasteiger partial charge in [-0.15, -0.1) is 0 Å². The smallest absolute Gasteiger partial charge is 0.157 e. The molecule has 0 heterocycles. The second-order valence-electron chi connectivity index (χ2n) is 3.66. The lowest BCUT2D eigenvalue weighted by Crippen LogP contribution is -2.33. The highest BCUT2D eigenvalue weighted by Gasteiger charge is 2.16. The van der Waals surface area contributed by atoms with Gasteiger partial charge < -0.3 is 20.6 Å². The van der Waals surface area contributed by atoms with Crippen molar-refractivity contribution in [1.82, 2.24) is 5.32 Å². The molecular formula is C11H17NO3S. The Hall–Kier alpha value is -0.910. The number of benzene rings is 1. The monoisotopic (exact) mass is 243 g/mol. The molecule has 2 unspecified atom stereocenters. The van der Waals surface area contributed by atoms with E-state index in [4.69, 9.17) is 5.11 Å². The van der Waals surface area contributed by atoms with Gasteiger partial charge in [-0.3, -0.25) is 0 Å². The SMILES string of the molecule is CC(NCCS)C(O)c1ccc(O)c(O)c1. The number of nitrogens with one attached hydrogen (secondary N) is 1. The van der Waals surface area contributed by atoms with Gasteiger partial charge in [-0.05, 0) is 24.6 Å². The fraction of sp³-hybridized carbons (Fsp3) is 0.455. The van der Waals surface area contributed by atoms with Crippen LogP contribution in [0, 0.1) is 0 Å². The van der Waals surface area contributed by atoms with Gasteiger partial charge in [-0.2, -0.15) is 12.6 Å². The van der Waals surface area contributed by atoms with E-state index in [1.165, 1.54) is 12.1 Å². The topological polar surface area (TPSA) is 72.7 Å². The third kappa shape index (κ3) is 3.30. The van der Waals surface area contributed by atoms with Gasteiger partial charge >= 0.3 is 0 Å². The summed E-state index contributed by atoms with van der Waals surface area (Å²) in [4.78, 5) is 0. The predicted octanol–water partition coefficient (Wildman–Crippen LogP) is 1.04. The summed E-state index contributed by atoms with van der Waals surface area (Å²) in [5, 5.41) is 31.5. The van der Waals surface area contributed by atoms with Gasteiger partial charge in [0, 0.05) is 18.3 Å². The first-order valence-electron chi connectivity index (χ1n) is 5.10. The zero-order valence-electron chi connectivity index (χ0n) is 9.09. The normalized spacial score (nSPS) is 14.7. The number of aliphatic hydroxyl groups excluding tert-OH is 1. The Kier molecular flexibility index (Phi) is 4.92. The molecule has 0 fully saturated rings. The summed E-state index contributed by atoms with van der Waals surface area (Å²) in [6, 6.07) is 4.16. The van der Waals surface area contributed by atoms with E-state index in [1.807, 2.05) is 6.92 Å². The second-order valence-corrected chi connectivity index (χ2v) is 4.11. The second kappa shape index (κ2) is 5.98. The molecule has 0 saturated heterocycles. The average Bonchev–Trinajstić information content (AvgIpc) is 2.28. The lowest BCUT2D eigenvalue weighted by atomic mass is 10.0. The number of phenols is 2. The molecule has 1 rings (SSSR count). The first-order chi connectivity index (χ1) is 7.56. The molecule has 16 heavy (non-hydrogen) atoms. The van der Waals surface area contributed by atoms with Gasteiger partial charge in [0.25, 0.3) is 0 Å². The molecule has 5 heteroatoms. The van der Waals surface area contributed by atoms with Crippen molar-refractivity contribution in [2.24, 2.45) is 0 Å². The van der Waals surface area contributed by atoms with E-state index in [-0.39, 0.29) is 17.5 Å². The largest absolute Gasteiger partial charge is 0.504 e. The molecule has 1 aromatic rings. The Morgan fingerprint density at radius 2 is 2.00 bits per heavy atom. The van der Waals surface area contributed by atoms with Crippen LogP contribution in [0.25, 0.3) is 0 Å². The van der Waals surface area contributed by atoms with E-state index in [1.54, 1.807) is 6.07 Å². The van der Waals surface area contributed by atoms with Crippen LogP contribution in [0.2, 0.25) is 0 Å². The number of aliphatic hydroxyl groups is 1. The molecule has 0 amide bonds. The maximum Gasteiger partial charge on any atom is 0.157 e. The highest BCUT2D eigenvalue weighted by atomic mass is 32.1. The number of hydrogen-bond donors (Lipinski definition) is 5. The van der Waals surface area contributed by atoms with E-state index < -0.39 is 6.10 Å². The summed E-state index contributed by atoms with van der Waals surface area (Å²) >= 11 is 4.06. The quantitative estimate of drug-likeness (QED) is 0.396. The molecular weight excluding hydrogens is 226 g/mol. The van der Waals surface area contributed by atoms with E-state index in [0.717, 1.165) is 0 Å². The van der Waals surface area contributed by atoms with Crippen molar-refractivity contribution < 1.29 is 15.3 Å². The number of aromatic hydroxyl groups is 2. The van der Waals surface area contributed by atoms with Gasteiger partial charge in [0.2, 0.25) is 0 Å². The highest BCUT2D eigenvalue weighted by Crippen LogP contribution is 2.28. The van der Waals surface area contributed by atoms with Crippen LogP contribution in [0.3, 0.4) is 0 Å². The first kappa shape index (κ1) is 13.2. The van der Waals surface area contributed by atoms with Crippen LogP contribution in [0.5, 0.6) is 11.5 Å². The number of rotatable bonds is 5. The molecule has 0 bridgehead atoms. The molecule has 0 aliphatic heterocycles. The number of hydrogen-bond acceptors (Lipinski definition) is 5. The Labute approximate surface area is 100 Å². The molecule has 0 aromatic heterocycles. The van der Waals surface area contributed by atoms with Gasteiger partial charge in [0.05, 0.1) is 6.10 Å². The van der Waals surface area contributed by atoms with Gasteiger partial charge in [0.1, 0.15) is 0 Å². The van der Waals surface area contributed by atoms with E-state index in [0.29, 0.717) is 17.9 Å². The Morgan fingerprint density at radius 3 is 2.56 bits per heavy atom. The van der Waals surface area contributed by atoms with Crippen LogP contribution in [0.1, 0.15) is 18.6 Å². The van der Waals surface area contributed by atoms with Gasteiger partial charge in [0.15, 0.2) is 11.5 Å². The number of thiol groups is 1. The van der Waals surface area contributed by atoms with Crippen molar-refractivity contribution in [2.75, 3.05) is 12.3 Å². The summed E-state index contributed by atoms with van der Waals surface area (Å²) in [6.07, 6.45) is -0.730. The van der Waals surface area contributed by atoms with Crippen molar-refractivity contribution in [3.8, 4) is 11.5 Å². The van der Waals surface area contributed by atoms with Crippen LogP contribution in [-0.2, 0) is 0 Å². The molecule has 0 aliphatic carbocycles. The standard InChI is InChI=1S/C11H17NO3S/c1-7(12-4-5-16)11(15)8-2-3-9(13)10(14)6-8/h2-3,6-7,11-16H,4-5H2,1H3. The Morgan fingerprint density at radius 1 is 1.31 bits per heavy atom. The summed E-state index contributed by atoms with van der Waals surface area (Å²) < 4.78 is 0. The zero-order valence-corrected chi connectivity index (χ0v) is 9.98. The Bertz CT molecular complexity index is 346. The fourth-order valence-electron chi connectivity index (χ4n) is 1.42. The van der Waals surface area contributed by atoms with Crippen molar-refractivity contribution in [1.29, 1.82) is 0 Å². The summed E-state index contributed by atoms with van der Waals surface area (Å²) in [5.41, 5.74) is 0.564. The van der Waals surface area contributed by atoms with Crippen LogP contribution in [0.15, 0.2) is 18.2 Å².